The lowest BCUT2D eigenvalue weighted by Gasteiger charge is -2.11. The Balaban J connectivity index is 1.58. The molecule has 2 aromatic carbocycles. The highest BCUT2D eigenvalue weighted by Gasteiger charge is 2.20. The Morgan fingerprint density at radius 2 is 1.88 bits per heavy atom. The van der Waals surface area contributed by atoms with E-state index in [2.05, 4.69) is 25.7 Å². The van der Waals surface area contributed by atoms with E-state index < -0.39 is 5.82 Å². The van der Waals surface area contributed by atoms with Gasteiger partial charge in [0.25, 0.3) is 0 Å². The van der Waals surface area contributed by atoms with Gasteiger partial charge in [-0.25, -0.2) is 4.39 Å². The van der Waals surface area contributed by atoms with Crippen LogP contribution in [0.2, 0.25) is 0 Å². The van der Waals surface area contributed by atoms with Gasteiger partial charge in [-0.05, 0) is 43.3 Å². The molecule has 0 saturated carbocycles. The van der Waals surface area contributed by atoms with Crippen molar-refractivity contribution in [2.45, 2.75) is 31.8 Å². The van der Waals surface area contributed by atoms with Crippen LogP contribution in [0.25, 0.3) is 17.1 Å². The van der Waals surface area contributed by atoms with E-state index in [1.54, 1.807) is 22.8 Å². The molecule has 4 aromatic rings. The number of rotatable bonds is 9. The minimum absolute atomic E-state index is 0.0186. The number of hydrogen-bond donors (Lipinski definition) is 1. The average molecular weight is 483 g/mol. The Labute approximate surface area is 199 Å². The average Bonchev–Trinajstić information content (AvgIpc) is 3.46. The van der Waals surface area contributed by atoms with Crippen molar-refractivity contribution in [1.29, 1.82) is 0 Å². The van der Waals surface area contributed by atoms with Crippen molar-refractivity contribution >= 4 is 23.7 Å². The predicted octanol–water partition coefficient (Wildman–Crippen LogP) is 4.71. The van der Waals surface area contributed by atoms with E-state index in [-0.39, 0.29) is 29.3 Å². The quantitative estimate of drug-likeness (QED) is 0.342. The van der Waals surface area contributed by atoms with Crippen LogP contribution in [0.15, 0.2) is 58.1 Å². The number of amides is 1. The number of carbonyl (C=O) groups excluding carboxylic acids is 1. The van der Waals surface area contributed by atoms with Crippen molar-refractivity contribution in [3.8, 4) is 22.8 Å². The van der Waals surface area contributed by atoms with Crippen LogP contribution in [0, 0.1) is 5.82 Å². The van der Waals surface area contributed by atoms with Crippen LogP contribution in [0.4, 0.5) is 10.4 Å². The number of aromatic nitrogens is 5. The summed E-state index contributed by atoms with van der Waals surface area (Å²) in [5, 5.41) is 19.1. The Hall–Kier alpha value is -3.73. The molecule has 1 N–H and O–H groups in total. The van der Waals surface area contributed by atoms with Crippen molar-refractivity contribution in [2.24, 2.45) is 0 Å². The molecular formula is C23H23FN6O3S. The Morgan fingerprint density at radius 1 is 1.12 bits per heavy atom. The van der Waals surface area contributed by atoms with Gasteiger partial charge in [0.2, 0.25) is 11.8 Å². The normalized spacial score (nSPS) is 11.1. The van der Waals surface area contributed by atoms with E-state index in [9.17, 15) is 9.18 Å². The largest absolute Gasteiger partial charge is 0.494 e. The number of nitrogens with zero attached hydrogens (tertiary/aromatic N) is 5. The molecule has 0 spiro atoms. The molecule has 0 unspecified atom stereocenters. The molecule has 4 rings (SSSR count). The van der Waals surface area contributed by atoms with Crippen LogP contribution in [-0.4, -0.2) is 43.2 Å². The fourth-order valence-corrected chi connectivity index (χ4v) is 3.82. The predicted molar refractivity (Wildman–Crippen MR) is 126 cm³/mol. The summed E-state index contributed by atoms with van der Waals surface area (Å²) in [5.41, 5.74) is 1.00. The SMILES string of the molecule is CCOc1ccc(-c2nnc(SCC(=O)Nc3nnc(C(C)C)o3)n2-c2ccccc2F)cc1. The number of para-hydroxylation sites is 1. The molecule has 0 bridgehead atoms. The molecule has 11 heteroatoms. The van der Waals surface area contributed by atoms with Gasteiger partial charge in [-0.15, -0.1) is 15.3 Å². The summed E-state index contributed by atoms with van der Waals surface area (Å²) < 4.78 is 27.2. The van der Waals surface area contributed by atoms with Crippen molar-refractivity contribution in [3.05, 3.63) is 60.2 Å². The fourth-order valence-electron chi connectivity index (χ4n) is 3.07. The molecule has 9 nitrogen and oxygen atoms in total. The van der Waals surface area contributed by atoms with Crippen molar-refractivity contribution in [1.82, 2.24) is 25.0 Å². The minimum Gasteiger partial charge on any atom is -0.494 e. The molecule has 0 fully saturated rings. The lowest BCUT2D eigenvalue weighted by atomic mass is 10.2. The molecule has 2 heterocycles. The molecule has 1 amide bonds. The van der Waals surface area contributed by atoms with Gasteiger partial charge in [0.1, 0.15) is 11.6 Å². The van der Waals surface area contributed by atoms with Crippen molar-refractivity contribution in [3.63, 3.8) is 0 Å². The van der Waals surface area contributed by atoms with E-state index >= 15 is 0 Å². The van der Waals surface area contributed by atoms with Gasteiger partial charge >= 0.3 is 6.01 Å². The van der Waals surface area contributed by atoms with Crippen LogP contribution in [0.1, 0.15) is 32.6 Å². The second-order valence-electron chi connectivity index (χ2n) is 7.49. The summed E-state index contributed by atoms with van der Waals surface area (Å²) in [6, 6.07) is 13.6. The third-order valence-electron chi connectivity index (χ3n) is 4.66. The van der Waals surface area contributed by atoms with E-state index in [0.717, 1.165) is 23.1 Å². The van der Waals surface area contributed by atoms with Gasteiger partial charge in [-0.3, -0.25) is 14.7 Å². The third-order valence-corrected chi connectivity index (χ3v) is 5.59. The summed E-state index contributed by atoms with van der Waals surface area (Å²) >= 11 is 1.11. The highest BCUT2D eigenvalue weighted by atomic mass is 32.2. The van der Waals surface area contributed by atoms with E-state index in [1.165, 1.54) is 6.07 Å². The number of hydrogen-bond acceptors (Lipinski definition) is 8. The molecule has 0 saturated heterocycles. The van der Waals surface area contributed by atoms with Gasteiger partial charge in [0.05, 0.1) is 18.0 Å². The standard InChI is InChI=1S/C23H23FN6O3S/c1-4-32-16-11-9-15(10-12-16)20-26-29-23(30(20)18-8-6-5-7-17(18)24)34-13-19(31)25-22-28-27-21(33-22)14(2)3/h5-12,14H,4,13H2,1-3H3,(H,25,28,31). The topological polar surface area (TPSA) is 108 Å². The smallest absolute Gasteiger partial charge is 0.322 e. The van der Waals surface area contributed by atoms with Crippen molar-refractivity contribution in [2.75, 3.05) is 17.7 Å². The number of thioether (sulfide) groups is 1. The highest BCUT2D eigenvalue weighted by molar-refractivity contribution is 7.99. The zero-order valence-corrected chi connectivity index (χ0v) is 19.7. The monoisotopic (exact) mass is 482 g/mol. The summed E-state index contributed by atoms with van der Waals surface area (Å²) in [5.74, 6) is 0.818. The van der Waals surface area contributed by atoms with Gasteiger partial charge in [-0.2, -0.15) is 0 Å². The first-order chi connectivity index (χ1) is 16.5. The molecule has 0 aliphatic rings. The van der Waals surface area contributed by atoms with Crippen LogP contribution < -0.4 is 10.1 Å². The molecule has 0 aliphatic carbocycles. The van der Waals surface area contributed by atoms with E-state index in [0.29, 0.717) is 23.5 Å². The third kappa shape index (κ3) is 5.25. The van der Waals surface area contributed by atoms with Crippen LogP contribution >= 0.6 is 11.8 Å². The first-order valence-electron chi connectivity index (χ1n) is 10.7. The second kappa shape index (κ2) is 10.5. The lowest BCUT2D eigenvalue weighted by molar-refractivity contribution is -0.113. The second-order valence-corrected chi connectivity index (χ2v) is 8.43. The number of anilines is 1. The summed E-state index contributed by atoms with van der Waals surface area (Å²) in [4.78, 5) is 12.5. The van der Waals surface area contributed by atoms with Crippen LogP contribution in [0.5, 0.6) is 5.75 Å². The maximum Gasteiger partial charge on any atom is 0.322 e. The first-order valence-corrected chi connectivity index (χ1v) is 11.6. The molecule has 0 aliphatic heterocycles. The Bertz CT molecular complexity index is 1270. The van der Waals surface area contributed by atoms with E-state index in [4.69, 9.17) is 9.15 Å². The number of halogens is 1. The molecule has 2 aromatic heterocycles. The van der Waals surface area contributed by atoms with Crippen LogP contribution in [-0.2, 0) is 4.79 Å². The molecular weight excluding hydrogens is 459 g/mol. The van der Waals surface area contributed by atoms with Gasteiger partial charge in [0.15, 0.2) is 11.0 Å². The summed E-state index contributed by atoms with van der Waals surface area (Å²) in [7, 11) is 0. The maximum absolute atomic E-state index is 14.7. The van der Waals surface area contributed by atoms with E-state index in [1.807, 2.05) is 45.0 Å². The molecule has 34 heavy (non-hydrogen) atoms. The zero-order valence-electron chi connectivity index (χ0n) is 18.9. The Kier molecular flexibility index (Phi) is 7.21. The van der Waals surface area contributed by atoms with Gasteiger partial charge in [0, 0.05) is 11.5 Å². The molecule has 0 radical (unpaired) electrons. The highest BCUT2D eigenvalue weighted by Crippen LogP contribution is 2.30. The van der Waals surface area contributed by atoms with Gasteiger partial charge in [-0.1, -0.05) is 42.8 Å². The molecule has 0 atom stereocenters. The number of nitrogens with one attached hydrogen (secondary N) is 1. The van der Waals surface area contributed by atoms with Crippen LogP contribution in [0.3, 0.4) is 0 Å². The van der Waals surface area contributed by atoms with Crippen molar-refractivity contribution < 1.29 is 18.3 Å². The summed E-state index contributed by atoms with van der Waals surface area (Å²) in [6.07, 6.45) is 0. The zero-order chi connectivity index (χ0) is 24.1. The first kappa shape index (κ1) is 23.4. The number of ether oxygens (including phenoxy) is 1. The number of carbonyl (C=O) groups is 1. The number of benzene rings is 2. The molecule has 176 valence electrons. The maximum atomic E-state index is 14.7. The fraction of sp³-hybridized carbons (Fsp3) is 0.261. The lowest BCUT2D eigenvalue weighted by Crippen LogP contribution is -2.15. The van der Waals surface area contributed by atoms with Gasteiger partial charge < -0.3 is 9.15 Å². The summed E-state index contributed by atoms with van der Waals surface area (Å²) in [6.45, 7) is 6.28. The Morgan fingerprint density at radius 3 is 2.56 bits per heavy atom. The minimum atomic E-state index is -0.437.